The van der Waals surface area contributed by atoms with Gasteiger partial charge in [-0.05, 0) is 11.8 Å². The summed E-state index contributed by atoms with van der Waals surface area (Å²) in [5.41, 5.74) is 0.954. The molecule has 0 aromatic carbocycles. The number of hydrogen-bond donors (Lipinski definition) is 0. The number of fused-ring (bicyclic) bond motifs is 1. The van der Waals surface area contributed by atoms with Crippen LogP contribution in [0.3, 0.4) is 0 Å². The highest BCUT2D eigenvalue weighted by molar-refractivity contribution is 9.09. The molecular formula is C10H13BrO2. The number of allylic oxidation sites excluding steroid dienone is 1. The number of hydrogen-bond acceptors (Lipinski definition) is 2. The summed E-state index contributed by atoms with van der Waals surface area (Å²) < 4.78 is 5.39. The van der Waals surface area contributed by atoms with Crippen LogP contribution in [0.25, 0.3) is 0 Å². The van der Waals surface area contributed by atoms with E-state index in [0.717, 1.165) is 12.0 Å². The van der Waals surface area contributed by atoms with E-state index < -0.39 is 0 Å². The molecule has 2 aliphatic rings. The second-order valence-electron chi connectivity index (χ2n) is 4.35. The molecule has 1 saturated heterocycles. The Morgan fingerprint density at radius 2 is 2.31 bits per heavy atom. The van der Waals surface area contributed by atoms with Crippen LogP contribution in [0.2, 0.25) is 0 Å². The predicted octanol–water partition coefficient (Wildman–Crippen LogP) is 2.07. The van der Waals surface area contributed by atoms with Crippen LogP contribution in [0.4, 0.5) is 0 Å². The summed E-state index contributed by atoms with van der Waals surface area (Å²) in [6, 6.07) is 0. The molecule has 1 heterocycles. The maximum absolute atomic E-state index is 11.4. The van der Waals surface area contributed by atoms with Crippen molar-refractivity contribution >= 4 is 21.7 Å². The largest absolute Gasteiger partial charge is 0.365 e. The molecule has 2 atom stereocenters. The number of carbonyl (C=O) groups is 1. The van der Waals surface area contributed by atoms with Crippen LogP contribution in [0.5, 0.6) is 0 Å². The molecule has 0 saturated carbocycles. The van der Waals surface area contributed by atoms with E-state index in [2.05, 4.69) is 35.9 Å². The quantitative estimate of drug-likeness (QED) is 0.611. The Morgan fingerprint density at radius 3 is 3.00 bits per heavy atom. The minimum Gasteiger partial charge on any atom is -0.365 e. The van der Waals surface area contributed by atoms with Crippen molar-refractivity contribution in [3.63, 3.8) is 0 Å². The van der Waals surface area contributed by atoms with E-state index in [9.17, 15) is 4.79 Å². The van der Waals surface area contributed by atoms with Gasteiger partial charge in [-0.25, -0.2) is 0 Å². The van der Waals surface area contributed by atoms with Crippen molar-refractivity contribution in [3.8, 4) is 0 Å². The van der Waals surface area contributed by atoms with Gasteiger partial charge in [-0.15, -0.1) is 0 Å². The van der Waals surface area contributed by atoms with Crippen molar-refractivity contribution < 1.29 is 9.53 Å². The van der Waals surface area contributed by atoms with Crippen molar-refractivity contribution in [1.29, 1.82) is 0 Å². The number of ether oxygens (including phenoxy) is 1. The summed E-state index contributed by atoms with van der Waals surface area (Å²) in [5.74, 6) is 0.164. The SMILES string of the molecule is CC1(C)C=C2C(=O)CO[C@@H]2C[C@@H]1Br. The maximum atomic E-state index is 11.4. The topological polar surface area (TPSA) is 26.3 Å². The second-order valence-corrected chi connectivity index (χ2v) is 5.45. The van der Waals surface area contributed by atoms with Crippen LogP contribution in [0.1, 0.15) is 20.3 Å². The number of Topliss-reactive ketones (excluding diaryl/α,β-unsaturated/α-hetero) is 1. The highest BCUT2D eigenvalue weighted by Crippen LogP contribution is 2.41. The zero-order valence-corrected chi connectivity index (χ0v) is 9.43. The Labute approximate surface area is 86.5 Å². The molecule has 1 aliphatic heterocycles. The average Bonchev–Trinajstić information content (AvgIpc) is 2.34. The van der Waals surface area contributed by atoms with Gasteiger partial charge in [0, 0.05) is 10.4 Å². The van der Waals surface area contributed by atoms with E-state index in [4.69, 9.17) is 4.74 Å². The van der Waals surface area contributed by atoms with Gasteiger partial charge in [0.2, 0.25) is 0 Å². The number of alkyl halides is 1. The summed E-state index contributed by atoms with van der Waals surface area (Å²) in [5, 5.41) is 0. The van der Waals surface area contributed by atoms with E-state index in [0.29, 0.717) is 4.83 Å². The fraction of sp³-hybridized carbons (Fsp3) is 0.700. The van der Waals surface area contributed by atoms with Crippen LogP contribution < -0.4 is 0 Å². The highest BCUT2D eigenvalue weighted by atomic mass is 79.9. The highest BCUT2D eigenvalue weighted by Gasteiger charge is 2.40. The number of ketones is 1. The molecule has 0 bridgehead atoms. The van der Waals surface area contributed by atoms with Crippen LogP contribution in [0, 0.1) is 5.41 Å². The van der Waals surface area contributed by atoms with Crippen molar-refractivity contribution in [2.24, 2.45) is 5.41 Å². The molecule has 0 radical (unpaired) electrons. The molecule has 2 nitrogen and oxygen atoms in total. The van der Waals surface area contributed by atoms with Gasteiger partial charge in [0.15, 0.2) is 5.78 Å². The minimum absolute atomic E-state index is 0.0462. The standard InChI is InChI=1S/C10H13BrO2/c1-10(2)4-6-7(12)5-13-8(6)3-9(10)11/h4,8-9H,3,5H2,1-2H3/t8-,9+/m1/s1. The normalized spacial score (nSPS) is 37.2. The summed E-state index contributed by atoms with van der Waals surface area (Å²) in [6.07, 6.45) is 3.02. The third kappa shape index (κ3) is 1.48. The molecular weight excluding hydrogens is 232 g/mol. The van der Waals surface area contributed by atoms with Gasteiger partial charge >= 0.3 is 0 Å². The molecule has 0 spiro atoms. The predicted molar refractivity (Wildman–Crippen MR) is 53.9 cm³/mol. The molecule has 0 aromatic heterocycles. The van der Waals surface area contributed by atoms with Gasteiger partial charge in [-0.1, -0.05) is 35.9 Å². The van der Waals surface area contributed by atoms with Crippen LogP contribution in [-0.2, 0) is 9.53 Å². The third-order valence-electron chi connectivity index (χ3n) is 2.84. The first-order valence-corrected chi connectivity index (χ1v) is 5.44. The number of rotatable bonds is 0. The Kier molecular flexibility index (Phi) is 2.11. The maximum Gasteiger partial charge on any atom is 0.186 e. The van der Waals surface area contributed by atoms with Crippen molar-refractivity contribution in [1.82, 2.24) is 0 Å². The lowest BCUT2D eigenvalue weighted by Gasteiger charge is -2.34. The summed E-state index contributed by atoms with van der Waals surface area (Å²) in [4.78, 5) is 11.8. The van der Waals surface area contributed by atoms with Gasteiger partial charge in [0.1, 0.15) is 6.61 Å². The summed E-state index contributed by atoms with van der Waals surface area (Å²) >= 11 is 3.63. The van der Waals surface area contributed by atoms with Crippen LogP contribution in [0.15, 0.2) is 11.6 Å². The first-order valence-electron chi connectivity index (χ1n) is 4.52. The number of carbonyl (C=O) groups excluding carboxylic acids is 1. The molecule has 0 unspecified atom stereocenters. The molecule has 1 fully saturated rings. The summed E-state index contributed by atoms with van der Waals surface area (Å²) in [7, 11) is 0. The first kappa shape index (κ1) is 9.41. The zero-order chi connectivity index (χ0) is 9.64. The van der Waals surface area contributed by atoms with Crippen LogP contribution >= 0.6 is 15.9 Å². The molecule has 0 amide bonds. The minimum atomic E-state index is 0.0462. The third-order valence-corrected chi connectivity index (χ3v) is 4.39. The van der Waals surface area contributed by atoms with Crippen LogP contribution in [-0.4, -0.2) is 23.3 Å². The van der Waals surface area contributed by atoms with Gasteiger partial charge in [0.25, 0.3) is 0 Å². The van der Waals surface area contributed by atoms with E-state index in [1.807, 2.05) is 0 Å². The van der Waals surface area contributed by atoms with Crippen molar-refractivity contribution in [3.05, 3.63) is 11.6 Å². The molecule has 1 aliphatic carbocycles. The van der Waals surface area contributed by atoms with Gasteiger partial charge < -0.3 is 4.74 Å². The second kappa shape index (κ2) is 2.92. The first-order chi connectivity index (χ1) is 6.00. The Morgan fingerprint density at radius 1 is 1.62 bits per heavy atom. The van der Waals surface area contributed by atoms with E-state index in [1.165, 1.54) is 0 Å². The van der Waals surface area contributed by atoms with E-state index >= 15 is 0 Å². The van der Waals surface area contributed by atoms with Gasteiger partial charge in [-0.2, -0.15) is 0 Å². The lowest BCUT2D eigenvalue weighted by atomic mass is 9.78. The molecule has 0 aromatic rings. The lowest BCUT2D eigenvalue weighted by Crippen LogP contribution is -2.33. The lowest BCUT2D eigenvalue weighted by molar-refractivity contribution is -0.115. The van der Waals surface area contributed by atoms with E-state index in [-0.39, 0.29) is 23.9 Å². The number of halogens is 1. The Balaban J connectivity index is 2.36. The Hall–Kier alpha value is -0.150. The van der Waals surface area contributed by atoms with Crippen molar-refractivity contribution in [2.45, 2.75) is 31.2 Å². The summed E-state index contributed by atoms with van der Waals surface area (Å²) in [6.45, 7) is 4.55. The molecule has 3 heteroatoms. The molecule has 0 N–H and O–H groups in total. The van der Waals surface area contributed by atoms with Crippen molar-refractivity contribution in [2.75, 3.05) is 6.61 Å². The molecule has 13 heavy (non-hydrogen) atoms. The molecule has 72 valence electrons. The zero-order valence-electron chi connectivity index (χ0n) is 7.84. The fourth-order valence-electron chi connectivity index (χ4n) is 1.88. The van der Waals surface area contributed by atoms with E-state index in [1.54, 1.807) is 0 Å². The molecule has 2 rings (SSSR count). The Bertz CT molecular complexity index is 281. The monoisotopic (exact) mass is 244 g/mol. The smallest absolute Gasteiger partial charge is 0.186 e. The average molecular weight is 245 g/mol. The van der Waals surface area contributed by atoms with Gasteiger partial charge in [-0.3, -0.25) is 4.79 Å². The fourth-order valence-corrected chi connectivity index (χ4v) is 2.35. The van der Waals surface area contributed by atoms with Gasteiger partial charge in [0.05, 0.1) is 6.10 Å².